The van der Waals surface area contributed by atoms with Crippen LogP contribution in [0.3, 0.4) is 0 Å². The summed E-state index contributed by atoms with van der Waals surface area (Å²) in [6.45, 7) is 1.11. The highest BCUT2D eigenvalue weighted by Crippen LogP contribution is 2.30. The Hall–Kier alpha value is -5.87. The first kappa shape index (κ1) is 36.9. The second-order valence-corrected chi connectivity index (χ2v) is 13.8. The summed E-state index contributed by atoms with van der Waals surface area (Å²) in [7, 11) is 1.79. The van der Waals surface area contributed by atoms with Crippen LogP contribution in [-0.4, -0.2) is 85.1 Å². The number of hydrogen-bond acceptors (Lipinski definition) is 11. The summed E-state index contributed by atoms with van der Waals surface area (Å²) in [6.07, 6.45) is 4.75. The van der Waals surface area contributed by atoms with Crippen LogP contribution in [0.5, 0.6) is 0 Å². The van der Waals surface area contributed by atoms with E-state index in [-0.39, 0.29) is 29.9 Å². The van der Waals surface area contributed by atoms with Gasteiger partial charge in [-0.2, -0.15) is 0 Å². The van der Waals surface area contributed by atoms with Crippen LogP contribution in [0.4, 0.5) is 5.69 Å². The third-order valence-corrected chi connectivity index (χ3v) is 10.1. The van der Waals surface area contributed by atoms with Gasteiger partial charge in [0.1, 0.15) is 6.04 Å². The quantitative estimate of drug-likeness (QED) is 0.0457. The molecule has 16 heteroatoms. The van der Waals surface area contributed by atoms with Crippen molar-refractivity contribution < 1.29 is 34.0 Å². The summed E-state index contributed by atoms with van der Waals surface area (Å²) >= 11 is 1.60. The van der Waals surface area contributed by atoms with Gasteiger partial charge in [0.15, 0.2) is 0 Å². The highest BCUT2D eigenvalue weighted by Gasteiger charge is 2.44. The molecule has 6 rings (SSSR count). The van der Waals surface area contributed by atoms with Crippen LogP contribution in [0.2, 0.25) is 0 Å². The molecule has 3 aromatic carbocycles. The van der Waals surface area contributed by atoms with E-state index in [4.69, 9.17) is 5.21 Å². The zero-order valence-corrected chi connectivity index (χ0v) is 29.7. The molecule has 0 saturated carbocycles. The monoisotopic (exact) mass is 738 g/mol. The fraction of sp³-hybridized carbons (Fsp3) is 0.297. The summed E-state index contributed by atoms with van der Waals surface area (Å²) in [5.41, 5.74) is 5.48. The first-order chi connectivity index (χ1) is 25.6. The minimum atomic E-state index is -1.000. The molecule has 1 saturated heterocycles. The zero-order valence-electron chi connectivity index (χ0n) is 28.9. The molecule has 1 fully saturated rings. The number of imide groups is 2. The molecule has 2 aliphatic heterocycles. The summed E-state index contributed by atoms with van der Waals surface area (Å²) in [4.78, 5) is 78.0. The number of rotatable bonds is 15. The average Bonchev–Trinajstić information content (AvgIpc) is 3.74. The van der Waals surface area contributed by atoms with Gasteiger partial charge in [-0.1, -0.05) is 29.8 Å². The number of hydroxylamine groups is 1. The molecule has 0 spiro atoms. The largest absolute Gasteiger partial charge is 0.385 e. The Balaban J connectivity index is 0.883. The number of nitrogens with one attached hydrogen (secondary N) is 3. The summed E-state index contributed by atoms with van der Waals surface area (Å²) in [5.74, 6) is -2.10. The SMILES string of the molecule is CN(Cc1ccc(SCc2cn(-c3cccc(C(=O)NO)c3)nn2)cc1)C(=O)CCCCCNc1ccc2c(c1)C(=O)N(C1CCC(=O)NC1=O)C2=O. The molecule has 4 aromatic rings. The number of thioether (sulfide) groups is 1. The standard InChI is InChI=1S/C37H38N8O7S/c1-43(20-23-9-12-28(13-10-23)53-22-26-21-44(42-40-26)27-7-5-6-24(18-27)34(48)41-52)33(47)8-3-2-4-17-38-25-11-14-29-30(19-25)37(51)45(36(29)50)31-15-16-32(46)39-35(31)49/h5-7,9-14,18-19,21,31,38,52H,2-4,8,15-17,20,22H2,1H3,(H,41,48)(H,39,46,49). The van der Waals surface area contributed by atoms with Crippen LogP contribution in [-0.2, 0) is 26.7 Å². The molecule has 0 radical (unpaired) electrons. The fourth-order valence-corrected chi connectivity index (χ4v) is 6.91. The van der Waals surface area contributed by atoms with Crippen LogP contribution in [0.1, 0.15) is 80.9 Å². The van der Waals surface area contributed by atoms with Crippen molar-refractivity contribution >= 4 is 52.9 Å². The van der Waals surface area contributed by atoms with E-state index < -0.39 is 35.6 Å². The van der Waals surface area contributed by atoms with Crippen molar-refractivity contribution in [2.75, 3.05) is 18.9 Å². The second-order valence-electron chi connectivity index (χ2n) is 12.8. The molecule has 53 heavy (non-hydrogen) atoms. The number of anilines is 1. The maximum Gasteiger partial charge on any atom is 0.274 e. The lowest BCUT2D eigenvalue weighted by molar-refractivity contribution is -0.136. The highest BCUT2D eigenvalue weighted by atomic mass is 32.2. The summed E-state index contributed by atoms with van der Waals surface area (Å²) in [6, 6.07) is 18.6. The predicted octanol–water partition coefficient (Wildman–Crippen LogP) is 3.71. The van der Waals surface area contributed by atoms with Crippen molar-refractivity contribution in [3.05, 3.63) is 101 Å². The Bertz CT molecular complexity index is 2050. The van der Waals surface area contributed by atoms with Crippen LogP contribution in [0.15, 0.2) is 77.8 Å². The first-order valence-corrected chi connectivity index (χ1v) is 18.1. The average molecular weight is 739 g/mol. The van der Waals surface area contributed by atoms with Crippen molar-refractivity contribution in [1.29, 1.82) is 0 Å². The van der Waals surface area contributed by atoms with Crippen LogP contribution < -0.4 is 16.1 Å². The van der Waals surface area contributed by atoms with Gasteiger partial charge in [0.25, 0.3) is 17.7 Å². The Morgan fingerprint density at radius 3 is 2.55 bits per heavy atom. The van der Waals surface area contributed by atoms with E-state index in [1.165, 1.54) is 0 Å². The van der Waals surface area contributed by atoms with Gasteiger partial charge in [0.05, 0.1) is 28.7 Å². The van der Waals surface area contributed by atoms with E-state index in [2.05, 4.69) is 20.9 Å². The molecule has 3 heterocycles. The lowest BCUT2D eigenvalue weighted by Crippen LogP contribution is -2.54. The smallest absolute Gasteiger partial charge is 0.274 e. The minimum absolute atomic E-state index is 0.0596. The molecule has 1 atom stereocenters. The normalized spacial score (nSPS) is 15.3. The summed E-state index contributed by atoms with van der Waals surface area (Å²) in [5, 5.41) is 22.7. The predicted molar refractivity (Wildman–Crippen MR) is 193 cm³/mol. The molecule has 15 nitrogen and oxygen atoms in total. The van der Waals surface area contributed by atoms with Crippen molar-refractivity contribution in [2.45, 2.75) is 61.8 Å². The number of hydrogen-bond donors (Lipinski definition) is 4. The van der Waals surface area contributed by atoms with Gasteiger partial charge in [-0.05, 0) is 73.4 Å². The van der Waals surface area contributed by atoms with E-state index in [1.54, 1.807) is 82.5 Å². The zero-order chi connectivity index (χ0) is 37.5. The minimum Gasteiger partial charge on any atom is -0.385 e. The van der Waals surface area contributed by atoms with Crippen molar-refractivity contribution in [3.8, 4) is 5.69 Å². The maximum atomic E-state index is 13.0. The molecule has 274 valence electrons. The molecule has 0 aliphatic carbocycles. The Labute approximate surface area is 309 Å². The van der Waals surface area contributed by atoms with Crippen molar-refractivity contribution in [1.82, 2.24) is 35.6 Å². The number of carbonyl (C=O) groups is 6. The van der Waals surface area contributed by atoms with E-state index in [0.717, 1.165) is 40.3 Å². The molecule has 0 bridgehead atoms. The number of amides is 6. The van der Waals surface area contributed by atoms with E-state index in [0.29, 0.717) is 42.2 Å². The third-order valence-electron chi connectivity index (χ3n) is 9.01. The number of benzene rings is 3. The van der Waals surface area contributed by atoms with Gasteiger partial charge in [-0.15, -0.1) is 16.9 Å². The highest BCUT2D eigenvalue weighted by molar-refractivity contribution is 7.98. The van der Waals surface area contributed by atoms with E-state index >= 15 is 0 Å². The lowest BCUT2D eigenvalue weighted by atomic mass is 10.0. The Kier molecular flexibility index (Phi) is 11.6. The number of piperidine rings is 1. The molecular formula is C37H38N8O7S. The molecule has 4 N–H and O–H groups in total. The molecule has 1 unspecified atom stereocenters. The van der Waals surface area contributed by atoms with Crippen LogP contribution in [0, 0.1) is 0 Å². The topological polar surface area (TPSA) is 196 Å². The number of nitrogens with zero attached hydrogens (tertiary/aromatic N) is 5. The fourth-order valence-electron chi connectivity index (χ4n) is 6.14. The first-order valence-electron chi connectivity index (χ1n) is 17.1. The molecular weight excluding hydrogens is 701 g/mol. The number of aromatic nitrogens is 3. The molecule has 6 amide bonds. The number of carbonyl (C=O) groups excluding carboxylic acids is 6. The molecule has 2 aliphatic rings. The van der Waals surface area contributed by atoms with Gasteiger partial charge in [-0.3, -0.25) is 44.2 Å². The van der Waals surface area contributed by atoms with E-state index in [9.17, 15) is 28.8 Å². The maximum absolute atomic E-state index is 13.0. The van der Waals surface area contributed by atoms with Gasteiger partial charge >= 0.3 is 0 Å². The van der Waals surface area contributed by atoms with Gasteiger partial charge in [0.2, 0.25) is 17.7 Å². The Morgan fingerprint density at radius 2 is 1.77 bits per heavy atom. The number of unbranched alkanes of at least 4 members (excludes halogenated alkanes) is 2. The second kappa shape index (κ2) is 16.6. The van der Waals surface area contributed by atoms with Crippen molar-refractivity contribution in [3.63, 3.8) is 0 Å². The summed E-state index contributed by atoms with van der Waals surface area (Å²) < 4.78 is 1.57. The van der Waals surface area contributed by atoms with Crippen LogP contribution >= 0.6 is 11.8 Å². The van der Waals surface area contributed by atoms with Crippen LogP contribution in [0.25, 0.3) is 5.69 Å². The van der Waals surface area contributed by atoms with Gasteiger partial charge in [-0.25, -0.2) is 10.2 Å². The van der Waals surface area contributed by atoms with E-state index in [1.807, 2.05) is 24.3 Å². The third kappa shape index (κ3) is 8.78. The van der Waals surface area contributed by atoms with Gasteiger partial charge in [0, 0.05) is 54.9 Å². The Morgan fingerprint density at radius 1 is 0.981 bits per heavy atom. The lowest BCUT2D eigenvalue weighted by Gasteiger charge is -2.27. The molecule has 1 aromatic heterocycles. The van der Waals surface area contributed by atoms with Crippen molar-refractivity contribution in [2.24, 2.45) is 0 Å². The number of fused-ring (bicyclic) bond motifs is 1. The van der Waals surface area contributed by atoms with Gasteiger partial charge < -0.3 is 10.2 Å².